The first kappa shape index (κ1) is 13.4. The number of hydrogen-bond acceptors (Lipinski definition) is 5. The van der Waals surface area contributed by atoms with Crippen LogP contribution in [-0.2, 0) is 16.6 Å². The van der Waals surface area contributed by atoms with Crippen molar-refractivity contribution in [1.29, 1.82) is 0 Å². The second-order valence-electron chi connectivity index (χ2n) is 3.07. The van der Waals surface area contributed by atoms with Crippen molar-refractivity contribution in [3.8, 4) is 5.88 Å². The summed E-state index contributed by atoms with van der Waals surface area (Å²) < 4.78 is 37.5. The van der Waals surface area contributed by atoms with Crippen LogP contribution in [0.3, 0.4) is 0 Å². The molecular weight excluding hydrogens is 257 g/mol. The Morgan fingerprint density at radius 3 is 2.59 bits per heavy atom. The third kappa shape index (κ3) is 2.91. The van der Waals surface area contributed by atoms with E-state index in [1.54, 1.807) is 4.98 Å². The Bertz CT molecular complexity index is 632. The highest BCUT2D eigenvalue weighted by molar-refractivity contribution is 7.89. The Balaban J connectivity index is 3.13. The number of hydrogen-bond donors (Lipinski definition) is 3. The van der Waals surface area contributed by atoms with Gasteiger partial charge in [-0.05, 0) is 7.05 Å². The van der Waals surface area contributed by atoms with Gasteiger partial charge in [0.15, 0.2) is 0 Å². The molecule has 0 aromatic carbocycles. The van der Waals surface area contributed by atoms with Crippen molar-refractivity contribution in [1.82, 2.24) is 14.3 Å². The monoisotopic (exact) mass is 267 g/mol. The fourth-order valence-electron chi connectivity index (χ4n) is 1.06. The first-order valence-corrected chi connectivity index (χ1v) is 6.06. The molecule has 3 N–H and O–H groups in total. The molecule has 0 radical (unpaired) electrons. The fraction of sp³-hybridized carbons (Fsp3) is 0.429. The number of aromatic nitrogens is 2. The number of rotatable bonds is 4. The van der Waals surface area contributed by atoms with Crippen LogP contribution in [0.1, 0.15) is 0 Å². The lowest BCUT2D eigenvalue weighted by Gasteiger charge is -2.07. The van der Waals surface area contributed by atoms with Gasteiger partial charge in [-0.3, -0.25) is 14.3 Å². The van der Waals surface area contributed by atoms with Gasteiger partial charge in [0.05, 0.1) is 5.75 Å². The quantitative estimate of drug-likeness (QED) is 0.578. The van der Waals surface area contributed by atoms with E-state index in [0.717, 1.165) is 0 Å². The van der Waals surface area contributed by atoms with E-state index in [4.69, 9.17) is 0 Å². The number of nitrogens with zero attached hydrogens (tertiary/aromatic N) is 1. The van der Waals surface area contributed by atoms with Crippen molar-refractivity contribution < 1.29 is 17.9 Å². The van der Waals surface area contributed by atoms with Gasteiger partial charge in [-0.25, -0.2) is 17.9 Å². The van der Waals surface area contributed by atoms with Crippen LogP contribution in [0.15, 0.2) is 9.59 Å². The van der Waals surface area contributed by atoms with Gasteiger partial charge in [0.2, 0.25) is 21.7 Å². The van der Waals surface area contributed by atoms with E-state index in [-0.39, 0.29) is 0 Å². The molecule has 10 heteroatoms. The zero-order valence-electron chi connectivity index (χ0n) is 8.73. The van der Waals surface area contributed by atoms with Crippen molar-refractivity contribution in [2.75, 3.05) is 12.8 Å². The Kier molecular flexibility index (Phi) is 3.68. The minimum Gasteiger partial charge on any atom is -0.492 e. The summed E-state index contributed by atoms with van der Waals surface area (Å²) in [4.78, 5) is 23.5. The van der Waals surface area contributed by atoms with E-state index in [1.165, 1.54) is 7.05 Å². The van der Waals surface area contributed by atoms with E-state index in [2.05, 4.69) is 0 Å². The molecule has 0 atom stereocenters. The van der Waals surface area contributed by atoms with Crippen LogP contribution in [0.5, 0.6) is 5.88 Å². The molecule has 0 amide bonds. The summed E-state index contributed by atoms with van der Waals surface area (Å²) in [5, 5.41) is 9.18. The smallest absolute Gasteiger partial charge is 0.331 e. The largest absolute Gasteiger partial charge is 0.492 e. The molecule has 96 valence electrons. The third-order valence-electron chi connectivity index (χ3n) is 2.01. The molecule has 17 heavy (non-hydrogen) atoms. The van der Waals surface area contributed by atoms with Crippen LogP contribution < -0.4 is 16.0 Å². The van der Waals surface area contributed by atoms with E-state index >= 15 is 0 Å². The van der Waals surface area contributed by atoms with Crippen LogP contribution in [-0.4, -0.2) is 35.9 Å². The predicted octanol–water partition coefficient (Wildman–Crippen LogP) is -2.07. The number of sulfonamides is 1. The second kappa shape index (κ2) is 4.67. The van der Waals surface area contributed by atoms with Crippen LogP contribution >= 0.6 is 0 Å². The zero-order valence-corrected chi connectivity index (χ0v) is 9.54. The summed E-state index contributed by atoms with van der Waals surface area (Å²) in [5.41, 5.74) is -2.44. The highest BCUT2D eigenvalue weighted by Crippen LogP contribution is 2.06. The maximum atomic E-state index is 13.0. The minimum absolute atomic E-state index is 0.422. The molecule has 0 spiro atoms. The van der Waals surface area contributed by atoms with E-state index in [1.807, 2.05) is 4.72 Å². The molecule has 0 saturated carbocycles. The van der Waals surface area contributed by atoms with Gasteiger partial charge < -0.3 is 5.11 Å². The second-order valence-corrected chi connectivity index (χ2v) is 5.12. The number of aromatic hydroxyl groups is 1. The number of H-pyrrole nitrogens is 1. The molecule has 0 unspecified atom stereocenters. The molecule has 0 aliphatic heterocycles. The predicted molar refractivity (Wildman–Crippen MR) is 55.8 cm³/mol. The lowest BCUT2D eigenvalue weighted by molar-refractivity contribution is 0.364. The average molecular weight is 267 g/mol. The third-order valence-corrected chi connectivity index (χ3v) is 3.35. The molecule has 0 bridgehead atoms. The van der Waals surface area contributed by atoms with Crippen molar-refractivity contribution >= 4 is 10.0 Å². The highest BCUT2D eigenvalue weighted by atomic mass is 32.2. The molecular formula is C7H10FN3O5S. The van der Waals surface area contributed by atoms with Gasteiger partial charge >= 0.3 is 5.69 Å². The molecule has 1 heterocycles. The van der Waals surface area contributed by atoms with E-state index < -0.39 is 45.3 Å². The van der Waals surface area contributed by atoms with Gasteiger partial charge in [0.1, 0.15) is 0 Å². The normalized spacial score (nSPS) is 11.6. The summed E-state index contributed by atoms with van der Waals surface area (Å²) in [5.74, 6) is -3.26. The molecule has 8 nitrogen and oxygen atoms in total. The van der Waals surface area contributed by atoms with Gasteiger partial charge in [-0.1, -0.05) is 0 Å². The summed E-state index contributed by atoms with van der Waals surface area (Å²) in [7, 11) is -2.44. The van der Waals surface area contributed by atoms with Crippen molar-refractivity contribution in [2.24, 2.45) is 0 Å². The lowest BCUT2D eigenvalue weighted by atomic mass is 10.5. The van der Waals surface area contributed by atoms with E-state index in [0.29, 0.717) is 4.57 Å². The molecule has 0 saturated heterocycles. The Hall–Kier alpha value is -1.68. The van der Waals surface area contributed by atoms with Crippen molar-refractivity contribution in [3.63, 3.8) is 0 Å². The fourth-order valence-corrected chi connectivity index (χ4v) is 1.68. The maximum absolute atomic E-state index is 13.0. The molecule has 0 aliphatic rings. The first-order valence-electron chi connectivity index (χ1n) is 4.41. The number of aromatic amines is 1. The van der Waals surface area contributed by atoms with Gasteiger partial charge in [-0.15, -0.1) is 0 Å². The summed E-state index contributed by atoms with van der Waals surface area (Å²) >= 11 is 0. The van der Waals surface area contributed by atoms with Gasteiger partial charge in [-0.2, -0.15) is 4.39 Å². The Labute approximate surface area is 94.8 Å². The Morgan fingerprint density at radius 2 is 2.06 bits per heavy atom. The van der Waals surface area contributed by atoms with Crippen molar-refractivity contribution in [3.05, 3.63) is 26.7 Å². The minimum atomic E-state index is -3.61. The standard InChI is InChI=1S/C7H10FN3O5S/c1-9-17(15,16)3-2-11-6(13)4(8)5(12)10-7(11)14/h9,13H,2-3H2,1H3,(H,10,12,14). The van der Waals surface area contributed by atoms with E-state index in [9.17, 15) is 27.5 Å². The van der Waals surface area contributed by atoms with Crippen LogP contribution in [0.2, 0.25) is 0 Å². The van der Waals surface area contributed by atoms with Crippen LogP contribution in [0, 0.1) is 5.82 Å². The van der Waals surface area contributed by atoms with Crippen LogP contribution in [0.4, 0.5) is 4.39 Å². The Morgan fingerprint density at radius 1 is 1.47 bits per heavy atom. The van der Waals surface area contributed by atoms with Gasteiger partial charge in [0, 0.05) is 6.54 Å². The zero-order chi connectivity index (χ0) is 13.2. The first-order chi connectivity index (χ1) is 7.78. The SMILES string of the molecule is CNS(=O)(=O)CCn1c(O)c(F)c(=O)[nH]c1=O. The molecule has 0 aliphatic carbocycles. The van der Waals surface area contributed by atoms with Crippen LogP contribution in [0.25, 0.3) is 0 Å². The topological polar surface area (TPSA) is 121 Å². The summed E-state index contributed by atoms with van der Waals surface area (Å²) in [6.45, 7) is -0.485. The molecule has 1 aromatic rings. The highest BCUT2D eigenvalue weighted by Gasteiger charge is 2.15. The molecule has 1 rings (SSSR count). The summed E-state index contributed by atoms with van der Waals surface area (Å²) in [6, 6.07) is 0. The van der Waals surface area contributed by atoms with Gasteiger partial charge in [0.25, 0.3) is 5.56 Å². The molecule has 1 aromatic heterocycles. The molecule has 0 fully saturated rings. The summed E-state index contributed by atoms with van der Waals surface area (Å²) in [6.07, 6.45) is 0. The number of halogens is 1. The average Bonchev–Trinajstić information content (AvgIpc) is 2.26. The lowest BCUT2D eigenvalue weighted by Crippen LogP contribution is -2.34. The number of nitrogens with one attached hydrogen (secondary N) is 2. The van der Waals surface area contributed by atoms with Crippen molar-refractivity contribution in [2.45, 2.75) is 6.54 Å². The maximum Gasteiger partial charge on any atom is 0.331 e.